The average molecular weight is 791 g/mol. The Bertz CT molecular complexity index is 2430. The van der Waals surface area contributed by atoms with Crippen molar-refractivity contribution in [3.63, 3.8) is 0 Å². The molecular formula is C50H46O9. The van der Waals surface area contributed by atoms with Gasteiger partial charge in [-0.25, -0.2) is 9.59 Å². The van der Waals surface area contributed by atoms with Gasteiger partial charge in [0.2, 0.25) is 0 Å². The second-order valence-corrected chi connectivity index (χ2v) is 14.3. The number of ketones is 1. The molecule has 0 aliphatic carbocycles. The third-order valence-corrected chi connectivity index (χ3v) is 9.70. The van der Waals surface area contributed by atoms with Crippen LogP contribution in [-0.2, 0) is 35.3 Å². The quantitative estimate of drug-likeness (QED) is 0.0505. The fraction of sp³-hybridized carbons (Fsp3) is 0.220. The Morgan fingerprint density at radius 3 is 1.31 bits per heavy atom. The van der Waals surface area contributed by atoms with E-state index in [2.05, 4.69) is 13.8 Å². The molecule has 6 rings (SSSR count). The number of ether oxygens (including phenoxy) is 4. The van der Waals surface area contributed by atoms with Gasteiger partial charge in [0, 0.05) is 12.8 Å². The number of esters is 4. The Morgan fingerprint density at radius 1 is 0.424 bits per heavy atom. The summed E-state index contributed by atoms with van der Waals surface area (Å²) in [6.45, 7) is 5.60. The minimum absolute atomic E-state index is 0.0548. The summed E-state index contributed by atoms with van der Waals surface area (Å²) in [5.74, 6) is -0.858. The van der Waals surface area contributed by atoms with E-state index in [9.17, 15) is 24.0 Å². The zero-order chi connectivity index (χ0) is 41.7. The molecule has 0 aromatic heterocycles. The Hall–Kier alpha value is -6.87. The number of hydrogen-bond acceptors (Lipinski definition) is 9. The topological polar surface area (TPSA) is 122 Å². The molecule has 0 aliphatic heterocycles. The van der Waals surface area contributed by atoms with Crippen LogP contribution in [0.15, 0.2) is 127 Å². The molecule has 0 spiro atoms. The number of hydrogen-bond donors (Lipinski definition) is 0. The van der Waals surface area contributed by atoms with Gasteiger partial charge < -0.3 is 18.9 Å². The van der Waals surface area contributed by atoms with Gasteiger partial charge in [0.05, 0.1) is 16.7 Å². The van der Waals surface area contributed by atoms with E-state index >= 15 is 0 Å². The lowest BCUT2D eigenvalue weighted by Crippen LogP contribution is -2.12. The minimum Gasteiger partial charge on any atom is -0.426 e. The number of aryl methyl sites for hydroxylation is 4. The largest absolute Gasteiger partial charge is 0.426 e. The highest BCUT2D eigenvalue weighted by molar-refractivity contribution is 6.02. The molecule has 0 fully saturated rings. The number of fused-ring (bicyclic) bond motifs is 1. The van der Waals surface area contributed by atoms with E-state index in [1.165, 1.54) is 18.1 Å². The highest BCUT2D eigenvalue weighted by atomic mass is 16.5. The molecule has 0 saturated carbocycles. The summed E-state index contributed by atoms with van der Waals surface area (Å²) in [6.07, 6.45) is 4.92. The third-order valence-electron chi connectivity index (χ3n) is 9.70. The van der Waals surface area contributed by atoms with Crippen molar-refractivity contribution in [2.24, 2.45) is 0 Å². The van der Waals surface area contributed by atoms with Gasteiger partial charge in [-0.3, -0.25) is 14.4 Å². The molecule has 0 saturated heterocycles. The van der Waals surface area contributed by atoms with Gasteiger partial charge in [-0.05, 0) is 138 Å². The van der Waals surface area contributed by atoms with E-state index in [0.29, 0.717) is 52.0 Å². The van der Waals surface area contributed by atoms with Gasteiger partial charge in [-0.1, -0.05) is 81.3 Å². The number of rotatable bonds is 17. The van der Waals surface area contributed by atoms with Crippen LogP contribution in [0.4, 0.5) is 0 Å². The van der Waals surface area contributed by atoms with Crippen LogP contribution in [-0.4, -0.2) is 29.7 Å². The lowest BCUT2D eigenvalue weighted by Gasteiger charge is -2.12. The van der Waals surface area contributed by atoms with E-state index < -0.39 is 23.9 Å². The zero-order valence-corrected chi connectivity index (χ0v) is 33.5. The molecule has 0 unspecified atom stereocenters. The molecule has 0 atom stereocenters. The number of carbonyl (C=O) groups excluding carboxylic acids is 5. The molecule has 300 valence electrons. The molecule has 6 aromatic carbocycles. The Kier molecular flexibility index (Phi) is 14.2. The summed E-state index contributed by atoms with van der Waals surface area (Å²) in [4.78, 5) is 63.5. The first-order valence-electron chi connectivity index (χ1n) is 19.9. The van der Waals surface area contributed by atoms with Gasteiger partial charge in [-0.15, -0.1) is 0 Å². The van der Waals surface area contributed by atoms with Crippen LogP contribution in [0.2, 0.25) is 0 Å². The Balaban J connectivity index is 0.980. The van der Waals surface area contributed by atoms with Crippen molar-refractivity contribution in [3.8, 4) is 23.0 Å². The van der Waals surface area contributed by atoms with E-state index in [-0.39, 0.29) is 29.9 Å². The molecular weight excluding hydrogens is 745 g/mol. The molecule has 9 heteroatoms. The Morgan fingerprint density at radius 2 is 0.847 bits per heavy atom. The number of Topliss-reactive ketones (excluding diaryl/α,β-unsaturated/α-hetero) is 1. The van der Waals surface area contributed by atoms with Crippen LogP contribution in [0.1, 0.15) is 99.8 Å². The number of benzene rings is 6. The van der Waals surface area contributed by atoms with Gasteiger partial charge in [0.15, 0.2) is 5.78 Å². The average Bonchev–Trinajstić information content (AvgIpc) is 3.23. The van der Waals surface area contributed by atoms with Crippen molar-refractivity contribution in [1.82, 2.24) is 0 Å². The standard InChI is InChI=1S/C50H46O9/c1-4-6-34-8-18-38(19-9-34)49(54)57-42-23-12-36(13-24-42)16-28-47(52)56-44-27-22-40-32-46(45(33(3)51)31-41(40)30-44)59-48(53)29-17-37-14-25-43(26-15-37)58-50(55)39-20-10-35(7-5-2)11-21-39/h8-15,18-27,30-32H,4-7,16-17,28-29H2,1-3H3. The van der Waals surface area contributed by atoms with E-state index in [0.717, 1.165) is 36.8 Å². The predicted molar refractivity (Wildman–Crippen MR) is 226 cm³/mol. The lowest BCUT2D eigenvalue weighted by atomic mass is 10.0. The first kappa shape index (κ1) is 41.8. The molecule has 0 amide bonds. The summed E-state index contributed by atoms with van der Waals surface area (Å²) in [7, 11) is 0. The van der Waals surface area contributed by atoms with Crippen molar-refractivity contribution in [2.75, 3.05) is 0 Å². The van der Waals surface area contributed by atoms with E-state index in [1.807, 2.05) is 24.3 Å². The predicted octanol–water partition coefficient (Wildman–Crippen LogP) is 10.5. The van der Waals surface area contributed by atoms with Crippen LogP contribution in [0.5, 0.6) is 23.0 Å². The second-order valence-electron chi connectivity index (χ2n) is 14.3. The van der Waals surface area contributed by atoms with Crippen molar-refractivity contribution in [3.05, 3.63) is 166 Å². The summed E-state index contributed by atoms with van der Waals surface area (Å²) < 4.78 is 22.3. The maximum absolute atomic E-state index is 12.9. The fourth-order valence-electron chi connectivity index (χ4n) is 6.50. The second kappa shape index (κ2) is 20.0. The van der Waals surface area contributed by atoms with Gasteiger partial charge in [0.25, 0.3) is 0 Å². The van der Waals surface area contributed by atoms with E-state index in [1.54, 1.807) is 103 Å². The lowest BCUT2D eigenvalue weighted by molar-refractivity contribution is -0.135. The molecule has 59 heavy (non-hydrogen) atoms. The monoisotopic (exact) mass is 790 g/mol. The maximum atomic E-state index is 12.9. The molecule has 0 N–H and O–H groups in total. The molecule has 9 nitrogen and oxygen atoms in total. The molecule has 0 aliphatic rings. The minimum atomic E-state index is -0.511. The summed E-state index contributed by atoms with van der Waals surface area (Å²) >= 11 is 0. The fourth-order valence-corrected chi connectivity index (χ4v) is 6.50. The van der Waals surface area contributed by atoms with Crippen LogP contribution in [0.3, 0.4) is 0 Å². The highest BCUT2D eigenvalue weighted by Crippen LogP contribution is 2.30. The molecule has 0 bridgehead atoms. The smallest absolute Gasteiger partial charge is 0.343 e. The van der Waals surface area contributed by atoms with Crippen LogP contribution in [0, 0.1) is 0 Å². The molecule has 0 heterocycles. The number of carbonyl (C=O) groups is 5. The van der Waals surface area contributed by atoms with Crippen LogP contribution < -0.4 is 18.9 Å². The first-order chi connectivity index (χ1) is 28.6. The van der Waals surface area contributed by atoms with Crippen molar-refractivity contribution >= 4 is 40.4 Å². The highest BCUT2D eigenvalue weighted by Gasteiger charge is 2.17. The van der Waals surface area contributed by atoms with Crippen molar-refractivity contribution < 1.29 is 42.9 Å². The van der Waals surface area contributed by atoms with Gasteiger partial charge in [-0.2, -0.15) is 0 Å². The summed E-state index contributed by atoms with van der Waals surface area (Å²) in [5, 5.41) is 1.32. The van der Waals surface area contributed by atoms with E-state index in [4.69, 9.17) is 18.9 Å². The van der Waals surface area contributed by atoms with Gasteiger partial charge in [0.1, 0.15) is 23.0 Å². The molecule has 6 aromatic rings. The first-order valence-corrected chi connectivity index (χ1v) is 19.9. The third kappa shape index (κ3) is 11.8. The van der Waals surface area contributed by atoms with Gasteiger partial charge >= 0.3 is 23.9 Å². The SMILES string of the molecule is CCCc1ccc(C(=O)Oc2ccc(CCC(=O)Oc3ccc4cc(OC(=O)CCc5ccc(OC(=O)c6ccc(CCC)cc6)cc5)c(C(C)=O)cc4c3)cc2)cc1. The Labute approximate surface area is 343 Å². The van der Waals surface area contributed by atoms with Crippen molar-refractivity contribution in [2.45, 2.75) is 72.1 Å². The van der Waals surface area contributed by atoms with Crippen LogP contribution in [0.25, 0.3) is 10.8 Å². The van der Waals surface area contributed by atoms with Crippen LogP contribution >= 0.6 is 0 Å². The van der Waals surface area contributed by atoms with Crippen molar-refractivity contribution in [1.29, 1.82) is 0 Å². The normalized spacial score (nSPS) is 10.8. The maximum Gasteiger partial charge on any atom is 0.343 e. The zero-order valence-electron chi connectivity index (χ0n) is 33.5. The summed E-state index contributed by atoms with van der Waals surface area (Å²) in [6, 6.07) is 37.0. The summed E-state index contributed by atoms with van der Waals surface area (Å²) in [5.41, 5.74) is 5.22. The molecule has 0 radical (unpaired) electrons.